The highest BCUT2D eigenvalue weighted by Gasteiger charge is 2.11. The van der Waals surface area contributed by atoms with Crippen molar-refractivity contribution in [2.24, 2.45) is 5.73 Å². The molecule has 0 bridgehead atoms. The number of carbonyl (C=O) groups is 2. The van der Waals surface area contributed by atoms with E-state index in [4.69, 9.17) is 5.73 Å². The van der Waals surface area contributed by atoms with Gasteiger partial charge in [0.1, 0.15) is 6.04 Å². The highest BCUT2D eigenvalue weighted by Crippen LogP contribution is 1.80. The summed E-state index contributed by atoms with van der Waals surface area (Å²) in [6.07, 6.45) is 0. The van der Waals surface area contributed by atoms with E-state index in [1.54, 1.807) is 6.92 Å². The number of carbonyl (C=O) groups excluding carboxylic acids is 2. The van der Waals surface area contributed by atoms with E-state index in [-0.39, 0.29) is 11.8 Å². The standard InChI is InChI=1S/C7H15N3O2/c1-5(10-6(2)11)7(12)9-4-3-8/h5H,3-4,8H2,1-2H3,(H,9,12)(H,10,11). The van der Waals surface area contributed by atoms with E-state index in [9.17, 15) is 9.59 Å². The lowest BCUT2D eigenvalue weighted by atomic mass is 10.3. The van der Waals surface area contributed by atoms with Gasteiger partial charge in [-0.3, -0.25) is 9.59 Å². The third kappa shape index (κ3) is 4.68. The van der Waals surface area contributed by atoms with Crippen LogP contribution >= 0.6 is 0 Å². The molecule has 0 heterocycles. The minimum atomic E-state index is -0.492. The zero-order valence-electron chi connectivity index (χ0n) is 7.39. The zero-order chi connectivity index (χ0) is 9.56. The van der Waals surface area contributed by atoms with Gasteiger partial charge in [0.25, 0.3) is 0 Å². The number of hydrogen-bond acceptors (Lipinski definition) is 3. The third-order valence-corrected chi connectivity index (χ3v) is 1.26. The molecule has 0 aromatic heterocycles. The Hall–Kier alpha value is -1.10. The van der Waals surface area contributed by atoms with Crippen LogP contribution in [0, 0.1) is 0 Å². The maximum absolute atomic E-state index is 11.1. The molecule has 2 amide bonds. The molecule has 1 unspecified atom stereocenters. The molecule has 5 heteroatoms. The Balaban J connectivity index is 3.69. The van der Waals surface area contributed by atoms with Gasteiger partial charge in [0.15, 0.2) is 0 Å². The molecule has 0 aromatic rings. The highest BCUT2D eigenvalue weighted by molar-refractivity contribution is 5.86. The molecular formula is C7H15N3O2. The molecule has 70 valence electrons. The van der Waals surface area contributed by atoms with Crippen molar-refractivity contribution in [3.63, 3.8) is 0 Å². The predicted molar refractivity (Wildman–Crippen MR) is 45.3 cm³/mol. The molecule has 0 radical (unpaired) electrons. The SMILES string of the molecule is CC(=O)NC(C)C(=O)NCCN. The first-order valence-corrected chi connectivity index (χ1v) is 3.82. The number of nitrogens with one attached hydrogen (secondary N) is 2. The van der Waals surface area contributed by atoms with Crippen LogP contribution in [0.3, 0.4) is 0 Å². The number of hydrogen-bond donors (Lipinski definition) is 3. The van der Waals surface area contributed by atoms with Crippen LogP contribution in [0.2, 0.25) is 0 Å². The molecule has 0 rings (SSSR count). The van der Waals surface area contributed by atoms with Crippen molar-refractivity contribution in [1.29, 1.82) is 0 Å². The first kappa shape index (κ1) is 10.9. The smallest absolute Gasteiger partial charge is 0.242 e. The molecule has 0 aliphatic carbocycles. The summed E-state index contributed by atoms with van der Waals surface area (Å²) < 4.78 is 0. The second kappa shape index (κ2) is 5.54. The summed E-state index contributed by atoms with van der Waals surface area (Å²) in [6, 6.07) is -0.492. The first-order chi connectivity index (χ1) is 5.57. The van der Waals surface area contributed by atoms with E-state index < -0.39 is 6.04 Å². The lowest BCUT2D eigenvalue weighted by Crippen LogP contribution is -2.45. The van der Waals surface area contributed by atoms with Crippen LogP contribution in [0.25, 0.3) is 0 Å². The van der Waals surface area contributed by atoms with Crippen molar-refractivity contribution in [2.45, 2.75) is 19.9 Å². The lowest BCUT2D eigenvalue weighted by molar-refractivity contribution is -0.127. The van der Waals surface area contributed by atoms with E-state index in [0.717, 1.165) is 0 Å². The van der Waals surface area contributed by atoms with E-state index in [0.29, 0.717) is 13.1 Å². The maximum Gasteiger partial charge on any atom is 0.242 e. The van der Waals surface area contributed by atoms with Gasteiger partial charge < -0.3 is 16.4 Å². The van der Waals surface area contributed by atoms with Gasteiger partial charge in [-0.2, -0.15) is 0 Å². The van der Waals surface area contributed by atoms with E-state index in [1.807, 2.05) is 0 Å². The molecule has 0 aliphatic rings. The predicted octanol–water partition coefficient (Wildman–Crippen LogP) is -1.41. The van der Waals surface area contributed by atoms with Gasteiger partial charge in [-0.15, -0.1) is 0 Å². The van der Waals surface area contributed by atoms with E-state index in [2.05, 4.69) is 10.6 Å². The Bertz CT molecular complexity index is 170. The second-order valence-corrected chi connectivity index (χ2v) is 2.50. The van der Waals surface area contributed by atoms with Crippen LogP contribution in [-0.4, -0.2) is 30.9 Å². The van der Waals surface area contributed by atoms with Crippen LogP contribution in [0.15, 0.2) is 0 Å². The van der Waals surface area contributed by atoms with Gasteiger partial charge in [0.05, 0.1) is 0 Å². The summed E-state index contributed by atoms with van der Waals surface area (Å²) in [7, 11) is 0. The fraction of sp³-hybridized carbons (Fsp3) is 0.714. The van der Waals surface area contributed by atoms with Crippen molar-refractivity contribution in [3.8, 4) is 0 Å². The Morgan fingerprint density at radius 1 is 1.50 bits per heavy atom. The molecular weight excluding hydrogens is 158 g/mol. The zero-order valence-corrected chi connectivity index (χ0v) is 7.39. The highest BCUT2D eigenvalue weighted by atomic mass is 16.2. The molecule has 0 fully saturated rings. The van der Waals surface area contributed by atoms with E-state index in [1.165, 1.54) is 6.92 Å². The summed E-state index contributed by atoms with van der Waals surface area (Å²) >= 11 is 0. The summed E-state index contributed by atoms with van der Waals surface area (Å²) in [6.45, 7) is 3.82. The Morgan fingerprint density at radius 2 is 2.08 bits per heavy atom. The van der Waals surface area contributed by atoms with Crippen molar-refractivity contribution in [1.82, 2.24) is 10.6 Å². The maximum atomic E-state index is 11.1. The normalized spacial score (nSPS) is 11.9. The summed E-state index contributed by atoms with van der Waals surface area (Å²) in [5.41, 5.74) is 5.18. The minimum Gasteiger partial charge on any atom is -0.353 e. The molecule has 5 nitrogen and oxygen atoms in total. The molecule has 0 saturated carbocycles. The fourth-order valence-corrected chi connectivity index (χ4v) is 0.719. The van der Waals surface area contributed by atoms with Crippen molar-refractivity contribution >= 4 is 11.8 Å². The molecule has 0 aromatic carbocycles. The average molecular weight is 173 g/mol. The quantitative estimate of drug-likeness (QED) is 0.488. The van der Waals surface area contributed by atoms with Gasteiger partial charge in [-0.1, -0.05) is 0 Å². The van der Waals surface area contributed by atoms with Crippen LogP contribution < -0.4 is 16.4 Å². The summed E-state index contributed by atoms with van der Waals surface area (Å²) in [4.78, 5) is 21.6. The Labute approximate surface area is 71.7 Å². The molecule has 4 N–H and O–H groups in total. The molecule has 0 aliphatic heterocycles. The monoisotopic (exact) mass is 173 g/mol. The van der Waals surface area contributed by atoms with Crippen LogP contribution in [-0.2, 0) is 9.59 Å². The Morgan fingerprint density at radius 3 is 2.50 bits per heavy atom. The van der Waals surface area contributed by atoms with Crippen molar-refractivity contribution in [3.05, 3.63) is 0 Å². The van der Waals surface area contributed by atoms with Crippen LogP contribution in [0.4, 0.5) is 0 Å². The number of nitrogens with two attached hydrogens (primary N) is 1. The Kier molecular flexibility index (Phi) is 5.03. The first-order valence-electron chi connectivity index (χ1n) is 3.82. The number of rotatable bonds is 4. The minimum absolute atomic E-state index is 0.212. The third-order valence-electron chi connectivity index (χ3n) is 1.26. The van der Waals surface area contributed by atoms with Gasteiger partial charge in [-0.25, -0.2) is 0 Å². The van der Waals surface area contributed by atoms with Crippen LogP contribution in [0.1, 0.15) is 13.8 Å². The lowest BCUT2D eigenvalue weighted by Gasteiger charge is -2.11. The summed E-state index contributed by atoms with van der Waals surface area (Å²) in [5.74, 6) is -0.430. The van der Waals surface area contributed by atoms with Crippen molar-refractivity contribution in [2.75, 3.05) is 13.1 Å². The van der Waals surface area contributed by atoms with Gasteiger partial charge in [-0.05, 0) is 6.92 Å². The average Bonchev–Trinajstić information content (AvgIpc) is 1.98. The largest absolute Gasteiger partial charge is 0.353 e. The second-order valence-electron chi connectivity index (χ2n) is 2.50. The van der Waals surface area contributed by atoms with Crippen LogP contribution in [0.5, 0.6) is 0 Å². The van der Waals surface area contributed by atoms with Gasteiger partial charge in [0, 0.05) is 20.0 Å². The molecule has 12 heavy (non-hydrogen) atoms. The number of amides is 2. The molecule has 0 saturated heterocycles. The van der Waals surface area contributed by atoms with Gasteiger partial charge in [0.2, 0.25) is 11.8 Å². The molecule has 0 spiro atoms. The van der Waals surface area contributed by atoms with Crippen molar-refractivity contribution < 1.29 is 9.59 Å². The van der Waals surface area contributed by atoms with E-state index >= 15 is 0 Å². The topological polar surface area (TPSA) is 84.2 Å². The molecule has 1 atom stereocenters. The fourth-order valence-electron chi connectivity index (χ4n) is 0.719. The summed E-state index contributed by atoms with van der Waals surface area (Å²) in [5, 5.41) is 5.02. The van der Waals surface area contributed by atoms with Gasteiger partial charge >= 0.3 is 0 Å².